The number of nitrogens with zero attached hydrogens (tertiary/aromatic N) is 5. The molecule has 14 heteroatoms. The molecule has 1 unspecified atom stereocenters. The summed E-state index contributed by atoms with van der Waals surface area (Å²) in [6, 6.07) is 15.9. The van der Waals surface area contributed by atoms with Crippen molar-refractivity contribution in [2.45, 2.75) is 29.5 Å². The molecule has 41 heavy (non-hydrogen) atoms. The van der Waals surface area contributed by atoms with Crippen molar-refractivity contribution >= 4 is 45.7 Å². The minimum atomic E-state index is -0.678. The van der Waals surface area contributed by atoms with Gasteiger partial charge in [-0.2, -0.15) is 5.26 Å². The second kappa shape index (κ2) is 11.0. The number of hydrogen-bond acceptors (Lipinski definition) is 11. The molecule has 0 spiro atoms. The Labute approximate surface area is 241 Å². The maximum atomic E-state index is 13.1. The summed E-state index contributed by atoms with van der Waals surface area (Å²) in [5, 5.41) is 24.5. The molecule has 0 saturated heterocycles. The highest BCUT2D eigenvalue weighted by atomic mass is 32.2. The maximum Gasteiger partial charge on any atom is 0.273 e. The zero-order chi connectivity index (χ0) is 28.5. The van der Waals surface area contributed by atoms with Crippen LogP contribution in [0.2, 0.25) is 0 Å². The number of amides is 1. The fourth-order valence-electron chi connectivity index (χ4n) is 4.94. The van der Waals surface area contributed by atoms with Gasteiger partial charge < -0.3 is 15.5 Å². The smallest absolute Gasteiger partial charge is 0.273 e. The van der Waals surface area contributed by atoms with E-state index in [4.69, 9.17) is 10.2 Å². The van der Waals surface area contributed by atoms with Crippen molar-refractivity contribution in [2.24, 2.45) is 5.73 Å². The molecule has 3 aromatic heterocycles. The lowest BCUT2D eigenvalue weighted by Gasteiger charge is -2.37. The number of hydrogen-bond donors (Lipinski definition) is 3. The third-order valence-corrected chi connectivity index (χ3v) is 8.71. The van der Waals surface area contributed by atoms with E-state index in [1.807, 2.05) is 18.2 Å². The lowest BCUT2D eigenvalue weighted by molar-refractivity contribution is -0.116. The fraction of sp³-hybridized carbons (Fsp3) is 0.185. The largest absolute Gasteiger partial charge is 0.468 e. The average molecular weight is 587 g/mol. The van der Waals surface area contributed by atoms with E-state index in [1.165, 1.54) is 28.3 Å². The van der Waals surface area contributed by atoms with Gasteiger partial charge in [0.05, 0.1) is 35.3 Å². The van der Waals surface area contributed by atoms with Gasteiger partial charge in [0.2, 0.25) is 11.0 Å². The lowest BCUT2D eigenvalue weighted by Crippen LogP contribution is -2.38. The molecule has 0 saturated carbocycles. The van der Waals surface area contributed by atoms with E-state index in [1.54, 1.807) is 29.2 Å². The van der Waals surface area contributed by atoms with Crippen molar-refractivity contribution in [3.63, 3.8) is 0 Å². The topological polar surface area (TPSA) is 176 Å². The van der Waals surface area contributed by atoms with E-state index in [2.05, 4.69) is 26.7 Å². The van der Waals surface area contributed by atoms with Crippen LogP contribution in [0.3, 0.4) is 0 Å². The number of nitrogens with one attached hydrogen (secondary N) is 2. The number of ketones is 1. The van der Waals surface area contributed by atoms with Gasteiger partial charge >= 0.3 is 0 Å². The van der Waals surface area contributed by atoms with E-state index in [0.717, 1.165) is 11.8 Å². The summed E-state index contributed by atoms with van der Waals surface area (Å²) in [6.07, 6.45) is 3.09. The van der Waals surface area contributed by atoms with Gasteiger partial charge in [0.15, 0.2) is 10.1 Å². The lowest BCUT2D eigenvalue weighted by atomic mass is 9.78. The van der Waals surface area contributed by atoms with Crippen molar-refractivity contribution in [1.29, 1.82) is 5.26 Å². The molecule has 0 radical (unpaired) electrons. The quantitative estimate of drug-likeness (QED) is 0.271. The van der Waals surface area contributed by atoms with E-state index in [0.29, 0.717) is 51.5 Å². The number of carbonyl (C=O) groups excluding carboxylic acids is 2. The highest BCUT2D eigenvalue weighted by molar-refractivity contribution is 8.01. The molecular weight excluding hydrogens is 564 g/mol. The Bertz CT molecular complexity index is 1790. The van der Waals surface area contributed by atoms with Gasteiger partial charge in [0.1, 0.15) is 17.4 Å². The Hall–Kier alpha value is -4.87. The molecular formula is C27H22N8O4S2. The van der Waals surface area contributed by atoms with Crippen molar-refractivity contribution in [2.75, 3.05) is 16.0 Å². The van der Waals surface area contributed by atoms with Crippen LogP contribution in [0.4, 0.5) is 10.9 Å². The van der Waals surface area contributed by atoms with E-state index in [-0.39, 0.29) is 40.2 Å². The average Bonchev–Trinajstić information content (AvgIpc) is 3.74. The van der Waals surface area contributed by atoms with Crippen LogP contribution in [0.15, 0.2) is 91.0 Å². The molecule has 4 aromatic rings. The first-order valence-corrected chi connectivity index (χ1v) is 14.4. The molecule has 4 N–H and O–H groups in total. The van der Waals surface area contributed by atoms with Crippen LogP contribution in [-0.4, -0.2) is 37.4 Å². The molecule has 4 heterocycles. The summed E-state index contributed by atoms with van der Waals surface area (Å²) in [4.78, 5) is 39.7. The standard InChI is InChI=1S/C27H22N8O4S2/c28-13-16-23(19-10-5-11-39-19)24-17(8-4-9-18(24)36)34(25(16)29)26-31-32-27(41-26)40-14-21(37)30-20-12-22(38)35(33-20)15-6-2-1-3-7-15/h1-3,5-7,10-12,23,33H,4,8-9,14,29H2,(H,30,37). The van der Waals surface area contributed by atoms with Gasteiger partial charge in [-0.25, -0.2) is 4.68 Å². The Balaban J connectivity index is 1.20. The Morgan fingerprint density at radius 2 is 2.05 bits per heavy atom. The SMILES string of the molecule is N#CC1=C(N)N(c2nnc(SCC(=O)Nc3cc(=O)n(-c4ccccc4)[nH]3)s2)C2=C(C(=O)CCC2)C1c1ccco1. The minimum Gasteiger partial charge on any atom is -0.468 e. The van der Waals surface area contributed by atoms with Gasteiger partial charge in [-0.15, -0.1) is 10.2 Å². The number of Topliss-reactive ketones (excluding diaryl/α,β-unsaturated/α-hetero) is 1. The number of furan rings is 1. The molecule has 6 rings (SSSR count). The van der Waals surface area contributed by atoms with Crippen molar-refractivity contribution in [3.05, 3.63) is 93.6 Å². The number of carbonyl (C=O) groups is 2. The number of anilines is 2. The van der Waals surface area contributed by atoms with Crippen LogP contribution in [-0.2, 0) is 9.59 Å². The predicted molar refractivity (Wildman–Crippen MR) is 152 cm³/mol. The maximum absolute atomic E-state index is 13.1. The molecule has 1 aliphatic heterocycles. The molecule has 0 fully saturated rings. The van der Waals surface area contributed by atoms with Crippen LogP contribution in [0, 0.1) is 11.3 Å². The second-order valence-corrected chi connectivity index (χ2v) is 11.4. The van der Waals surface area contributed by atoms with Crippen LogP contribution in [0.25, 0.3) is 5.69 Å². The van der Waals surface area contributed by atoms with Crippen LogP contribution in [0.1, 0.15) is 30.9 Å². The predicted octanol–water partition coefficient (Wildman–Crippen LogP) is 3.65. The van der Waals surface area contributed by atoms with Gasteiger partial charge in [0, 0.05) is 23.8 Å². The number of nitrogens with two attached hydrogens (primary N) is 1. The molecule has 1 amide bonds. The Morgan fingerprint density at radius 3 is 2.80 bits per heavy atom. The summed E-state index contributed by atoms with van der Waals surface area (Å²) in [5.41, 5.74) is 8.23. The number of rotatable bonds is 7. The van der Waals surface area contributed by atoms with Gasteiger partial charge in [-0.1, -0.05) is 41.3 Å². The number of allylic oxidation sites excluding steroid dienone is 3. The summed E-state index contributed by atoms with van der Waals surface area (Å²) < 4.78 is 7.42. The van der Waals surface area contributed by atoms with Gasteiger partial charge in [-0.3, -0.25) is 24.4 Å². The zero-order valence-corrected chi connectivity index (χ0v) is 23.0. The first-order chi connectivity index (χ1) is 19.9. The first kappa shape index (κ1) is 26.4. The van der Waals surface area contributed by atoms with Crippen LogP contribution in [0.5, 0.6) is 0 Å². The van der Waals surface area contributed by atoms with Gasteiger partial charge in [0.25, 0.3) is 5.56 Å². The molecule has 12 nitrogen and oxygen atoms in total. The number of para-hydroxylation sites is 1. The third-order valence-electron chi connectivity index (χ3n) is 6.66. The summed E-state index contributed by atoms with van der Waals surface area (Å²) >= 11 is 2.36. The van der Waals surface area contributed by atoms with E-state index >= 15 is 0 Å². The number of thioether (sulfide) groups is 1. The monoisotopic (exact) mass is 586 g/mol. The fourth-order valence-corrected chi connectivity index (χ4v) is 6.62. The second-order valence-electron chi connectivity index (χ2n) is 9.20. The minimum absolute atomic E-state index is 0.00888. The summed E-state index contributed by atoms with van der Waals surface area (Å²) in [7, 11) is 0. The van der Waals surface area contributed by atoms with Crippen molar-refractivity contribution in [3.8, 4) is 11.8 Å². The third kappa shape index (κ3) is 4.96. The summed E-state index contributed by atoms with van der Waals surface area (Å²) in [5.74, 6) is -0.164. The van der Waals surface area contributed by atoms with E-state index < -0.39 is 5.92 Å². The zero-order valence-electron chi connectivity index (χ0n) is 21.4. The highest BCUT2D eigenvalue weighted by Crippen LogP contribution is 2.47. The van der Waals surface area contributed by atoms with Crippen molar-refractivity contribution < 1.29 is 14.0 Å². The number of aromatic amines is 1. The molecule has 2 aliphatic rings. The molecule has 1 aliphatic carbocycles. The molecule has 1 aromatic carbocycles. The Morgan fingerprint density at radius 1 is 1.22 bits per heavy atom. The number of benzene rings is 1. The number of H-pyrrole nitrogens is 1. The first-order valence-electron chi connectivity index (χ1n) is 12.6. The highest BCUT2D eigenvalue weighted by Gasteiger charge is 2.42. The van der Waals surface area contributed by atoms with Crippen LogP contribution >= 0.6 is 23.1 Å². The summed E-state index contributed by atoms with van der Waals surface area (Å²) in [6.45, 7) is 0. The van der Waals surface area contributed by atoms with Crippen molar-refractivity contribution in [1.82, 2.24) is 20.0 Å². The van der Waals surface area contributed by atoms with Gasteiger partial charge in [-0.05, 0) is 37.1 Å². The number of nitriles is 1. The Kier molecular flexibility index (Phi) is 7.04. The van der Waals surface area contributed by atoms with E-state index in [9.17, 15) is 19.6 Å². The number of aromatic nitrogens is 4. The molecule has 0 bridgehead atoms. The molecule has 1 atom stereocenters. The van der Waals surface area contributed by atoms with Crippen LogP contribution < -0.4 is 21.5 Å². The molecule has 206 valence electrons. The normalized spacial score (nSPS) is 17.0.